The standard InChI is InChI=1S/C11H13FN2O4S/c12-9-4-8(15)1-2-10(9)14-5-7(3-11(14)16)6-19(13,17)18/h1-2,4,7,15H,3,5-6H2,(H2,13,17,18). The van der Waals surface area contributed by atoms with Crippen molar-refractivity contribution in [2.75, 3.05) is 17.2 Å². The van der Waals surface area contributed by atoms with E-state index < -0.39 is 21.8 Å². The summed E-state index contributed by atoms with van der Waals surface area (Å²) in [6, 6.07) is 3.44. The maximum atomic E-state index is 13.6. The first kappa shape index (κ1) is 13.8. The zero-order valence-electron chi connectivity index (χ0n) is 9.91. The topological polar surface area (TPSA) is 101 Å². The molecule has 6 nitrogen and oxygen atoms in total. The van der Waals surface area contributed by atoms with Crippen LogP contribution in [0.4, 0.5) is 10.1 Å². The van der Waals surface area contributed by atoms with Gasteiger partial charge in [-0.15, -0.1) is 0 Å². The van der Waals surface area contributed by atoms with E-state index in [1.54, 1.807) is 0 Å². The molecule has 1 atom stereocenters. The van der Waals surface area contributed by atoms with Crippen LogP contribution in [0.15, 0.2) is 18.2 Å². The summed E-state index contributed by atoms with van der Waals surface area (Å²) in [6.07, 6.45) is 0.0107. The molecule has 19 heavy (non-hydrogen) atoms. The summed E-state index contributed by atoms with van der Waals surface area (Å²) < 4.78 is 35.6. The molecule has 3 N–H and O–H groups in total. The first-order valence-electron chi connectivity index (χ1n) is 5.55. The zero-order valence-corrected chi connectivity index (χ0v) is 10.7. The van der Waals surface area contributed by atoms with Crippen molar-refractivity contribution in [3.63, 3.8) is 0 Å². The van der Waals surface area contributed by atoms with Crippen molar-refractivity contribution in [3.05, 3.63) is 24.0 Å². The van der Waals surface area contributed by atoms with Crippen LogP contribution in [0.25, 0.3) is 0 Å². The van der Waals surface area contributed by atoms with E-state index in [4.69, 9.17) is 10.2 Å². The lowest BCUT2D eigenvalue weighted by atomic mass is 10.1. The normalized spacial score (nSPS) is 20.0. The molecule has 0 saturated carbocycles. The Hall–Kier alpha value is -1.67. The second-order valence-corrected chi connectivity index (χ2v) is 6.20. The number of phenols is 1. The summed E-state index contributed by atoms with van der Waals surface area (Å²) in [5.74, 6) is -2.10. The number of phenolic OH excluding ortho intramolecular Hbond substituents is 1. The number of nitrogens with zero attached hydrogens (tertiary/aromatic N) is 1. The third-order valence-corrected chi connectivity index (χ3v) is 3.83. The predicted octanol–water partition coefficient (Wildman–Crippen LogP) is 0.173. The summed E-state index contributed by atoms with van der Waals surface area (Å²) in [5, 5.41) is 14.0. The molecule has 2 rings (SSSR count). The molecule has 0 radical (unpaired) electrons. The van der Waals surface area contributed by atoms with Gasteiger partial charge in [-0.25, -0.2) is 17.9 Å². The Morgan fingerprint density at radius 1 is 1.47 bits per heavy atom. The van der Waals surface area contributed by atoms with Gasteiger partial charge in [0.05, 0.1) is 11.4 Å². The minimum absolute atomic E-state index is 0.0107. The maximum Gasteiger partial charge on any atom is 0.227 e. The first-order chi connectivity index (χ1) is 8.76. The Kier molecular flexibility index (Phi) is 3.46. The molecule has 1 amide bonds. The fraction of sp³-hybridized carbons (Fsp3) is 0.364. The van der Waals surface area contributed by atoms with E-state index in [1.165, 1.54) is 17.0 Å². The predicted molar refractivity (Wildman–Crippen MR) is 66.5 cm³/mol. The average Bonchev–Trinajstić information content (AvgIpc) is 2.56. The largest absolute Gasteiger partial charge is 0.508 e. The lowest BCUT2D eigenvalue weighted by Crippen LogP contribution is -2.28. The van der Waals surface area contributed by atoms with E-state index in [2.05, 4.69) is 0 Å². The Bertz CT molecular complexity index is 617. The average molecular weight is 288 g/mol. The number of rotatable bonds is 3. The molecule has 0 bridgehead atoms. The number of anilines is 1. The lowest BCUT2D eigenvalue weighted by molar-refractivity contribution is -0.117. The Morgan fingerprint density at radius 2 is 2.16 bits per heavy atom. The Labute approximate surface area is 109 Å². The molecule has 1 fully saturated rings. The molecule has 1 aromatic carbocycles. The second kappa shape index (κ2) is 4.78. The number of carbonyl (C=O) groups excluding carboxylic acids is 1. The highest BCUT2D eigenvalue weighted by Gasteiger charge is 2.33. The van der Waals surface area contributed by atoms with Gasteiger partial charge in [-0.2, -0.15) is 0 Å². The van der Waals surface area contributed by atoms with Crippen molar-refractivity contribution in [2.45, 2.75) is 6.42 Å². The third kappa shape index (κ3) is 3.21. The smallest absolute Gasteiger partial charge is 0.227 e. The van der Waals surface area contributed by atoms with E-state index in [1.807, 2.05) is 0 Å². The molecule has 1 saturated heterocycles. The maximum absolute atomic E-state index is 13.6. The van der Waals surface area contributed by atoms with Crippen molar-refractivity contribution >= 4 is 21.6 Å². The van der Waals surface area contributed by atoms with Crippen molar-refractivity contribution < 1.29 is 22.7 Å². The van der Waals surface area contributed by atoms with Gasteiger partial charge in [0.2, 0.25) is 15.9 Å². The van der Waals surface area contributed by atoms with Crippen LogP contribution in [0.2, 0.25) is 0 Å². The van der Waals surface area contributed by atoms with Crippen molar-refractivity contribution in [1.29, 1.82) is 0 Å². The number of primary sulfonamides is 1. The van der Waals surface area contributed by atoms with Crippen LogP contribution in [-0.2, 0) is 14.8 Å². The molecular weight excluding hydrogens is 275 g/mol. The number of amides is 1. The molecule has 104 valence electrons. The number of halogens is 1. The van der Waals surface area contributed by atoms with Gasteiger partial charge in [0, 0.05) is 24.9 Å². The Balaban J connectivity index is 2.20. The molecule has 0 aromatic heterocycles. The zero-order chi connectivity index (χ0) is 14.2. The molecule has 1 aliphatic rings. The van der Waals surface area contributed by atoms with Gasteiger partial charge in [-0.1, -0.05) is 0 Å². The summed E-state index contributed by atoms with van der Waals surface area (Å²) in [4.78, 5) is 12.9. The van der Waals surface area contributed by atoms with Gasteiger partial charge in [0.1, 0.15) is 5.75 Å². The SMILES string of the molecule is NS(=O)(=O)CC1CC(=O)N(c2ccc(O)cc2F)C1. The monoisotopic (exact) mass is 288 g/mol. The van der Waals surface area contributed by atoms with Gasteiger partial charge < -0.3 is 10.0 Å². The minimum Gasteiger partial charge on any atom is -0.508 e. The highest BCUT2D eigenvalue weighted by molar-refractivity contribution is 7.89. The number of carbonyl (C=O) groups is 1. The van der Waals surface area contributed by atoms with Crippen LogP contribution in [0, 0.1) is 11.7 Å². The van der Waals surface area contributed by atoms with Gasteiger partial charge >= 0.3 is 0 Å². The summed E-state index contributed by atoms with van der Waals surface area (Å²) in [7, 11) is -3.67. The van der Waals surface area contributed by atoms with Crippen LogP contribution in [0.3, 0.4) is 0 Å². The van der Waals surface area contributed by atoms with Gasteiger partial charge in [0.15, 0.2) is 5.82 Å². The number of hydrogen-bond acceptors (Lipinski definition) is 4. The lowest BCUT2D eigenvalue weighted by Gasteiger charge is -2.17. The van der Waals surface area contributed by atoms with Crippen molar-refractivity contribution in [3.8, 4) is 5.75 Å². The second-order valence-electron chi connectivity index (χ2n) is 4.54. The summed E-state index contributed by atoms with van der Waals surface area (Å²) in [6.45, 7) is 0.0942. The van der Waals surface area contributed by atoms with E-state index in [-0.39, 0.29) is 36.1 Å². The first-order valence-corrected chi connectivity index (χ1v) is 7.27. The van der Waals surface area contributed by atoms with Crippen LogP contribution >= 0.6 is 0 Å². The molecule has 1 unspecified atom stereocenters. The Morgan fingerprint density at radius 3 is 2.74 bits per heavy atom. The molecular formula is C11H13FN2O4S. The number of benzene rings is 1. The molecule has 1 aromatic rings. The minimum atomic E-state index is -3.67. The quantitative estimate of drug-likeness (QED) is 0.828. The molecule has 0 aliphatic carbocycles. The third-order valence-electron chi connectivity index (χ3n) is 2.90. The molecule has 1 heterocycles. The van der Waals surface area contributed by atoms with Crippen LogP contribution in [0.5, 0.6) is 5.75 Å². The fourth-order valence-electron chi connectivity index (χ4n) is 2.17. The number of nitrogens with two attached hydrogens (primary N) is 1. The van der Waals surface area contributed by atoms with Crippen molar-refractivity contribution in [2.24, 2.45) is 11.1 Å². The van der Waals surface area contributed by atoms with Crippen LogP contribution in [-0.4, -0.2) is 31.7 Å². The highest BCUT2D eigenvalue weighted by atomic mass is 32.2. The number of hydrogen-bond donors (Lipinski definition) is 2. The fourth-order valence-corrected chi connectivity index (χ4v) is 3.05. The van der Waals surface area contributed by atoms with Crippen LogP contribution < -0.4 is 10.0 Å². The van der Waals surface area contributed by atoms with Gasteiger partial charge in [-0.05, 0) is 12.1 Å². The molecule has 8 heteroatoms. The summed E-state index contributed by atoms with van der Waals surface area (Å²) in [5.41, 5.74) is 0.0275. The van der Waals surface area contributed by atoms with Gasteiger partial charge in [0.25, 0.3) is 0 Å². The van der Waals surface area contributed by atoms with Gasteiger partial charge in [-0.3, -0.25) is 4.79 Å². The number of sulfonamides is 1. The molecule has 0 spiro atoms. The summed E-state index contributed by atoms with van der Waals surface area (Å²) >= 11 is 0. The molecule has 1 aliphatic heterocycles. The van der Waals surface area contributed by atoms with Crippen molar-refractivity contribution in [1.82, 2.24) is 0 Å². The van der Waals surface area contributed by atoms with Crippen LogP contribution in [0.1, 0.15) is 6.42 Å². The van der Waals surface area contributed by atoms with E-state index in [9.17, 15) is 17.6 Å². The van der Waals surface area contributed by atoms with E-state index in [0.29, 0.717) is 0 Å². The highest BCUT2D eigenvalue weighted by Crippen LogP contribution is 2.29. The van der Waals surface area contributed by atoms with E-state index >= 15 is 0 Å². The van der Waals surface area contributed by atoms with E-state index in [0.717, 1.165) is 6.07 Å². The number of aromatic hydroxyl groups is 1.